The number of rotatable bonds is 5. The summed E-state index contributed by atoms with van der Waals surface area (Å²) in [6, 6.07) is 8.44. The largest absolute Gasteiger partial charge is 0.462 e. The summed E-state index contributed by atoms with van der Waals surface area (Å²) in [6.07, 6.45) is 2.62. The van der Waals surface area contributed by atoms with Crippen molar-refractivity contribution in [3.8, 4) is 11.1 Å². The number of imidazole rings is 1. The van der Waals surface area contributed by atoms with Gasteiger partial charge in [-0.2, -0.15) is 0 Å². The number of hydrogen-bond acceptors (Lipinski definition) is 5. The molecule has 3 heterocycles. The van der Waals surface area contributed by atoms with Crippen molar-refractivity contribution in [3.63, 3.8) is 0 Å². The van der Waals surface area contributed by atoms with Gasteiger partial charge in [-0.15, -0.1) is 11.3 Å². The number of carbonyl (C=O) groups is 2. The van der Waals surface area contributed by atoms with Gasteiger partial charge in [-0.3, -0.25) is 4.79 Å². The van der Waals surface area contributed by atoms with Gasteiger partial charge in [-0.25, -0.2) is 18.6 Å². The Bertz CT molecular complexity index is 1300. The van der Waals surface area contributed by atoms with Gasteiger partial charge in [0.2, 0.25) is 0 Å². The number of halogens is 2. The Balaban J connectivity index is 1.74. The molecule has 31 heavy (non-hydrogen) atoms. The Morgan fingerprint density at radius 2 is 1.81 bits per heavy atom. The Labute approximate surface area is 180 Å². The van der Waals surface area contributed by atoms with Gasteiger partial charge in [0.25, 0.3) is 5.91 Å². The van der Waals surface area contributed by atoms with Crippen molar-refractivity contribution in [1.82, 2.24) is 9.38 Å². The molecule has 0 fully saturated rings. The monoisotopic (exact) mass is 441 g/mol. The second kappa shape index (κ2) is 8.27. The average molecular weight is 441 g/mol. The lowest BCUT2D eigenvalue weighted by Crippen LogP contribution is -2.15. The first-order valence-electron chi connectivity index (χ1n) is 9.39. The minimum absolute atomic E-state index is 0.0646. The zero-order valence-electron chi connectivity index (χ0n) is 16.6. The molecule has 0 aliphatic heterocycles. The van der Waals surface area contributed by atoms with E-state index in [4.69, 9.17) is 4.74 Å². The van der Waals surface area contributed by atoms with Gasteiger partial charge < -0.3 is 14.5 Å². The first-order valence-corrected chi connectivity index (χ1v) is 10.2. The van der Waals surface area contributed by atoms with Crippen LogP contribution in [-0.4, -0.2) is 27.9 Å². The maximum absolute atomic E-state index is 13.4. The van der Waals surface area contributed by atoms with Crippen LogP contribution < -0.4 is 5.32 Å². The molecule has 0 saturated heterocycles. The van der Waals surface area contributed by atoms with Gasteiger partial charge in [0.1, 0.15) is 33.5 Å². The highest BCUT2D eigenvalue weighted by Crippen LogP contribution is 2.40. The number of fused-ring (bicyclic) bond motifs is 1. The molecule has 6 nitrogen and oxygen atoms in total. The van der Waals surface area contributed by atoms with E-state index in [-0.39, 0.29) is 17.9 Å². The van der Waals surface area contributed by atoms with Gasteiger partial charge in [0.15, 0.2) is 0 Å². The average Bonchev–Trinajstić information content (AvgIpc) is 3.29. The highest BCUT2D eigenvalue weighted by atomic mass is 32.1. The molecule has 3 aromatic heterocycles. The van der Waals surface area contributed by atoms with Crippen LogP contribution in [-0.2, 0) is 4.74 Å². The highest BCUT2D eigenvalue weighted by molar-refractivity contribution is 7.17. The number of pyridine rings is 1. The molecule has 1 N–H and O–H groups in total. The van der Waals surface area contributed by atoms with Crippen LogP contribution in [0.1, 0.15) is 32.6 Å². The predicted molar refractivity (Wildman–Crippen MR) is 114 cm³/mol. The molecular weight excluding hydrogens is 424 g/mol. The van der Waals surface area contributed by atoms with Crippen LogP contribution in [0.3, 0.4) is 0 Å². The Morgan fingerprint density at radius 3 is 2.52 bits per heavy atom. The summed E-state index contributed by atoms with van der Waals surface area (Å²) in [4.78, 5) is 30.5. The van der Waals surface area contributed by atoms with Crippen molar-refractivity contribution in [1.29, 1.82) is 0 Å². The summed E-state index contributed by atoms with van der Waals surface area (Å²) in [5, 5.41) is 3.01. The minimum Gasteiger partial charge on any atom is -0.462 e. The maximum atomic E-state index is 13.4. The summed E-state index contributed by atoms with van der Waals surface area (Å²) in [5.41, 5.74) is 1.86. The van der Waals surface area contributed by atoms with E-state index in [1.54, 1.807) is 26.0 Å². The van der Waals surface area contributed by atoms with E-state index in [0.717, 1.165) is 4.88 Å². The molecule has 0 saturated carbocycles. The molecular formula is C22H17F2N3O3S. The molecule has 0 aliphatic rings. The van der Waals surface area contributed by atoms with Crippen LogP contribution >= 0.6 is 11.3 Å². The third-order valence-electron chi connectivity index (χ3n) is 4.57. The van der Waals surface area contributed by atoms with Crippen molar-refractivity contribution in [2.75, 3.05) is 11.9 Å². The summed E-state index contributed by atoms with van der Waals surface area (Å²) in [5.74, 6) is -2.01. The lowest BCUT2D eigenvalue weighted by Gasteiger charge is -2.08. The van der Waals surface area contributed by atoms with Crippen molar-refractivity contribution in [2.24, 2.45) is 0 Å². The van der Waals surface area contributed by atoms with E-state index in [9.17, 15) is 18.4 Å². The zero-order chi connectivity index (χ0) is 22.1. The fraction of sp³-hybridized carbons (Fsp3) is 0.136. The summed E-state index contributed by atoms with van der Waals surface area (Å²) in [6.45, 7) is 3.64. The third-order valence-corrected chi connectivity index (χ3v) is 5.59. The molecule has 0 unspecified atom stereocenters. The highest BCUT2D eigenvalue weighted by Gasteiger charge is 2.26. The summed E-state index contributed by atoms with van der Waals surface area (Å²) < 4.78 is 33.4. The smallest absolute Gasteiger partial charge is 0.341 e. The van der Waals surface area contributed by atoms with Crippen LogP contribution in [0.5, 0.6) is 0 Å². The number of aromatic nitrogens is 2. The molecule has 0 atom stereocenters. The van der Waals surface area contributed by atoms with Crippen molar-refractivity contribution in [3.05, 3.63) is 76.6 Å². The van der Waals surface area contributed by atoms with Gasteiger partial charge in [-0.05, 0) is 43.7 Å². The third kappa shape index (κ3) is 4.04. The summed E-state index contributed by atoms with van der Waals surface area (Å²) in [7, 11) is 0. The fourth-order valence-electron chi connectivity index (χ4n) is 3.24. The second-order valence-corrected chi connectivity index (χ2v) is 7.88. The summed E-state index contributed by atoms with van der Waals surface area (Å²) >= 11 is 1.21. The number of carbonyl (C=O) groups excluding carboxylic acids is 2. The number of hydrogen-bond donors (Lipinski definition) is 1. The quantitative estimate of drug-likeness (QED) is 0.439. The van der Waals surface area contributed by atoms with E-state index in [1.165, 1.54) is 52.4 Å². The van der Waals surface area contributed by atoms with E-state index in [0.29, 0.717) is 21.8 Å². The topological polar surface area (TPSA) is 72.7 Å². The number of anilines is 1. The number of nitrogens with zero attached hydrogens (tertiary/aromatic N) is 2. The molecule has 0 bridgehead atoms. The van der Waals surface area contributed by atoms with Crippen LogP contribution in [0.25, 0.3) is 16.8 Å². The van der Waals surface area contributed by atoms with Crippen LogP contribution in [0.4, 0.5) is 13.8 Å². The molecule has 0 radical (unpaired) electrons. The number of ether oxygens (including phenoxy) is 1. The van der Waals surface area contributed by atoms with Gasteiger partial charge in [0.05, 0.1) is 6.61 Å². The minimum atomic E-state index is -0.599. The van der Waals surface area contributed by atoms with Crippen LogP contribution in [0, 0.1) is 18.6 Å². The maximum Gasteiger partial charge on any atom is 0.341 e. The Kier molecular flexibility index (Phi) is 5.51. The lowest BCUT2D eigenvalue weighted by atomic mass is 10.0. The number of aryl methyl sites for hydroxylation is 1. The van der Waals surface area contributed by atoms with Crippen molar-refractivity contribution in [2.45, 2.75) is 13.8 Å². The first-order chi connectivity index (χ1) is 14.9. The molecule has 4 aromatic rings. The Morgan fingerprint density at radius 1 is 1.10 bits per heavy atom. The number of benzene rings is 1. The zero-order valence-corrected chi connectivity index (χ0v) is 17.4. The standard InChI is InChI=1S/C22H17F2N3O3S/c1-3-30-22(29)19-18(13-4-6-14(23)7-5-13)12(2)31-21(19)26-20(28)16-11-27-10-15(24)8-9-17(27)25-16/h4-11H,3H2,1-2H3,(H,26,28). The molecule has 0 aliphatic carbocycles. The molecule has 1 aromatic carbocycles. The number of amides is 1. The number of esters is 1. The van der Waals surface area contributed by atoms with Gasteiger partial charge >= 0.3 is 5.97 Å². The SMILES string of the molecule is CCOC(=O)c1c(NC(=O)c2cn3cc(F)ccc3n2)sc(C)c1-c1ccc(F)cc1. The number of nitrogens with one attached hydrogen (secondary N) is 1. The van der Waals surface area contributed by atoms with Crippen molar-refractivity contribution >= 4 is 33.9 Å². The van der Waals surface area contributed by atoms with E-state index in [2.05, 4.69) is 10.3 Å². The molecule has 1 amide bonds. The molecule has 4 rings (SSSR count). The molecule has 0 spiro atoms. The molecule has 158 valence electrons. The van der Waals surface area contributed by atoms with Crippen LogP contribution in [0.15, 0.2) is 48.8 Å². The first kappa shape index (κ1) is 20.7. The van der Waals surface area contributed by atoms with Gasteiger partial charge in [0, 0.05) is 22.8 Å². The second-order valence-electron chi connectivity index (χ2n) is 6.66. The van der Waals surface area contributed by atoms with Crippen LogP contribution in [0.2, 0.25) is 0 Å². The normalized spacial score (nSPS) is 11.0. The lowest BCUT2D eigenvalue weighted by molar-refractivity contribution is 0.0529. The number of thiophene rings is 1. The van der Waals surface area contributed by atoms with Crippen molar-refractivity contribution < 1.29 is 23.1 Å². The molecule has 9 heteroatoms. The van der Waals surface area contributed by atoms with E-state index < -0.39 is 23.5 Å². The van der Waals surface area contributed by atoms with E-state index in [1.807, 2.05) is 0 Å². The van der Waals surface area contributed by atoms with Gasteiger partial charge in [-0.1, -0.05) is 12.1 Å². The predicted octanol–water partition coefficient (Wildman–Crippen LogP) is 5.08. The van der Waals surface area contributed by atoms with E-state index >= 15 is 0 Å². The fourth-order valence-corrected chi connectivity index (χ4v) is 4.30. The Hall–Kier alpha value is -3.59.